The molecule has 0 aliphatic rings. The minimum Gasteiger partial charge on any atom is -0.306 e. The quantitative estimate of drug-likeness (QED) is 0.816. The number of nitrogens with one attached hydrogen (secondary N) is 1. The SMILES string of the molecule is CON(Cc1ccc(F)cc1)C(=O)Nc1ccc(Cl)c(Cl)c1. The molecule has 0 spiro atoms. The molecular formula is C15H13Cl2FN2O2. The van der Waals surface area contributed by atoms with Crippen molar-refractivity contribution in [1.82, 2.24) is 5.06 Å². The number of halogens is 3. The molecule has 0 aliphatic heterocycles. The molecule has 0 saturated carbocycles. The summed E-state index contributed by atoms with van der Waals surface area (Å²) in [6.07, 6.45) is 0. The second-order valence-corrected chi connectivity index (χ2v) is 5.22. The van der Waals surface area contributed by atoms with Crippen molar-refractivity contribution in [2.24, 2.45) is 0 Å². The topological polar surface area (TPSA) is 41.6 Å². The van der Waals surface area contributed by atoms with Gasteiger partial charge in [-0.2, -0.15) is 5.06 Å². The number of carbonyl (C=O) groups is 1. The number of anilines is 1. The largest absolute Gasteiger partial charge is 0.346 e. The molecule has 0 unspecified atom stereocenters. The lowest BCUT2D eigenvalue weighted by molar-refractivity contribution is -0.0886. The monoisotopic (exact) mass is 342 g/mol. The van der Waals surface area contributed by atoms with Crippen molar-refractivity contribution in [3.63, 3.8) is 0 Å². The highest BCUT2D eigenvalue weighted by Crippen LogP contribution is 2.25. The van der Waals surface area contributed by atoms with Crippen LogP contribution in [0.15, 0.2) is 42.5 Å². The second kappa shape index (κ2) is 7.45. The summed E-state index contributed by atoms with van der Waals surface area (Å²) in [7, 11) is 1.37. The van der Waals surface area contributed by atoms with Gasteiger partial charge in [0.2, 0.25) is 0 Å². The highest BCUT2D eigenvalue weighted by molar-refractivity contribution is 6.42. The maximum Gasteiger partial charge on any atom is 0.346 e. The summed E-state index contributed by atoms with van der Waals surface area (Å²) < 4.78 is 12.9. The number of benzene rings is 2. The molecule has 7 heteroatoms. The fourth-order valence-electron chi connectivity index (χ4n) is 1.73. The maximum atomic E-state index is 12.9. The Kier molecular flexibility index (Phi) is 5.60. The van der Waals surface area contributed by atoms with Crippen LogP contribution in [-0.4, -0.2) is 18.2 Å². The average molecular weight is 343 g/mol. The van der Waals surface area contributed by atoms with Crippen molar-refractivity contribution < 1.29 is 14.0 Å². The number of urea groups is 1. The minimum atomic E-state index is -0.481. The maximum absolute atomic E-state index is 12.9. The molecule has 0 aliphatic carbocycles. The van der Waals surface area contributed by atoms with Gasteiger partial charge in [0.05, 0.1) is 23.7 Å². The molecular weight excluding hydrogens is 330 g/mol. The third-order valence-corrected chi connectivity index (χ3v) is 3.60. The molecule has 0 saturated heterocycles. The summed E-state index contributed by atoms with van der Waals surface area (Å²) in [5, 5.41) is 4.48. The number of rotatable bonds is 4. The van der Waals surface area contributed by atoms with Crippen molar-refractivity contribution in [2.45, 2.75) is 6.54 Å². The Morgan fingerprint density at radius 1 is 1.18 bits per heavy atom. The van der Waals surface area contributed by atoms with Crippen LogP contribution < -0.4 is 5.32 Å². The van der Waals surface area contributed by atoms with Gasteiger partial charge in [-0.1, -0.05) is 35.3 Å². The number of hydrogen-bond donors (Lipinski definition) is 1. The van der Waals surface area contributed by atoms with Crippen LogP contribution in [0.25, 0.3) is 0 Å². The number of hydroxylamine groups is 2. The molecule has 2 aromatic carbocycles. The van der Waals surface area contributed by atoms with Gasteiger partial charge in [-0.3, -0.25) is 4.84 Å². The van der Waals surface area contributed by atoms with Gasteiger partial charge in [0.1, 0.15) is 5.82 Å². The smallest absolute Gasteiger partial charge is 0.306 e. The highest BCUT2D eigenvalue weighted by atomic mass is 35.5. The summed E-state index contributed by atoms with van der Waals surface area (Å²) in [6.45, 7) is 0.171. The Labute approximate surface area is 137 Å². The molecule has 0 fully saturated rings. The van der Waals surface area contributed by atoms with E-state index >= 15 is 0 Å². The highest BCUT2D eigenvalue weighted by Gasteiger charge is 2.14. The predicted molar refractivity (Wildman–Crippen MR) is 84.4 cm³/mol. The first kappa shape index (κ1) is 16.5. The van der Waals surface area contributed by atoms with Gasteiger partial charge >= 0.3 is 6.03 Å². The Balaban J connectivity index is 2.04. The van der Waals surface area contributed by atoms with Crippen LogP contribution in [-0.2, 0) is 11.4 Å². The zero-order valence-electron chi connectivity index (χ0n) is 11.6. The van der Waals surface area contributed by atoms with E-state index in [0.717, 1.165) is 10.6 Å². The van der Waals surface area contributed by atoms with Gasteiger partial charge in [0, 0.05) is 5.69 Å². The molecule has 22 heavy (non-hydrogen) atoms. The second-order valence-electron chi connectivity index (χ2n) is 4.40. The first-order chi connectivity index (χ1) is 10.5. The predicted octanol–water partition coefficient (Wildman–Crippen LogP) is 4.73. The van der Waals surface area contributed by atoms with Gasteiger partial charge in [0.15, 0.2) is 0 Å². The molecule has 2 rings (SSSR count). The van der Waals surface area contributed by atoms with Crippen molar-refractivity contribution >= 4 is 34.9 Å². The minimum absolute atomic E-state index is 0.171. The first-order valence-corrected chi connectivity index (χ1v) is 7.07. The molecule has 116 valence electrons. The number of amides is 2. The van der Waals surface area contributed by atoms with Crippen LogP contribution in [0.3, 0.4) is 0 Å². The summed E-state index contributed by atoms with van der Waals surface area (Å²) >= 11 is 11.7. The van der Waals surface area contributed by atoms with Crippen molar-refractivity contribution in [1.29, 1.82) is 0 Å². The van der Waals surface area contributed by atoms with E-state index in [9.17, 15) is 9.18 Å². The number of carbonyl (C=O) groups excluding carboxylic acids is 1. The van der Waals surface area contributed by atoms with Gasteiger partial charge in [-0.15, -0.1) is 0 Å². The number of hydrogen-bond acceptors (Lipinski definition) is 2. The fraction of sp³-hybridized carbons (Fsp3) is 0.133. The Morgan fingerprint density at radius 3 is 2.45 bits per heavy atom. The molecule has 0 heterocycles. The van der Waals surface area contributed by atoms with Crippen molar-refractivity contribution in [3.05, 3.63) is 63.9 Å². The summed E-state index contributed by atoms with van der Waals surface area (Å²) in [5.41, 5.74) is 1.22. The molecule has 0 radical (unpaired) electrons. The van der Waals surface area contributed by atoms with Gasteiger partial charge < -0.3 is 5.32 Å². The van der Waals surface area contributed by atoms with Crippen LogP contribution in [0.1, 0.15) is 5.56 Å². The number of nitrogens with zero attached hydrogens (tertiary/aromatic N) is 1. The molecule has 0 aromatic heterocycles. The fourth-order valence-corrected chi connectivity index (χ4v) is 2.03. The van der Waals surface area contributed by atoms with Crippen molar-refractivity contribution in [3.8, 4) is 0 Å². The molecule has 2 aromatic rings. The van der Waals surface area contributed by atoms with E-state index in [1.807, 2.05) is 0 Å². The van der Waals surface area contributed by atoms with E-state index in [1.165, 1.54) is 25.3 Å². The van der Waals surface area contributed by atoms with E-state index in [2.05, 4.69) is 5.32 Å². The lowest BCUT2D eigenvalue weighted by Crippen LogP contribution is -2.33. The van der Waals surface area contributed by atoms with Crippen LogP contribution in [0.5, 0.6) is 0 Å². The van der Waals surface area contributed by atoms with E-state index in [1.54, 1.807) is 24.3 Å². The lowest BCUT2D eigenvalue weighted by Gasteiger charge is -2.20. The molecule has 0 atom stereocenters. The van der Waals surface area contributed by atoms with Crippen LogP contribution in [0.4, 0.5) is 14.9 Å². The van der Waals surface area contributed by atoms with Crippen LogP contribution in [0.2, 0.25) is 10.0 Å². The van der Waals surface area contributed by atoms with Crippen molar-refractivity contribution in [2.75, 3.05) is 12.4 Å². The third kappa shape index (κ3) is 4.34. The lowest BCUT2D eigenvalue weighted by atomic mass is 10.2. The Bertz CT molecular complexity index is 665. The standard InChI is InChI=1S/C15H13Cl2FN2O2/c1-22-20(9-10-2-4-11(18)5-3-10)15(21)19-12-6-7-13(16)14(17)8-12/h2-8H,9H2,1H3,(H,19,21). The zero-order chi connectivity index (χ0) is 16.1. The van der Waals surface area contributed by atoms with E-state index in [4.69, 9.17) is 28.0 Å². The van der Waals surface area contributed by atoms with Crippen LogP contribution in [0, 0.1) is 5.82 Å². The molecule has 2 amide bonds. The Morgan fingerprint density at radius 2 is 1.86 bits per heavy atom. The van der Waals surface area contributed by atoms with Gasteiger partial charge in [-0.25, -0.2) is 9.18 Å². The van der Waals surface area contributed by atoms with Crippen LogP contribution >= 0.6 is 23.2 Å². The zero-order valence-corrected chi connectivity index (χ0v) is 13.2. The van der Waals surface area contributed by atoms with E-state index < -0.39 is 6.03 Å². The van der Waals surface area contributed by atoms with E-state index in [0.29, 0.717) is 15.7 Å². The first-order valence-electron chi connectivity index (χ1n) is 6.31. The molecule has 4 nitrogen and oxygen atoms in total. The summed E-state index contributed by atoms with van der Waals surface area (Å²) in [6, 6.07) is 10.1. The third-order valence-electron chi connectivity index (χ3n) is 2.86. The summed E-state index contributed by atoms with van der Waals surface area (Å²) in [5.74, 6) is -0.340. The average Bonchev–Trinajstić information content (AvgIpc) is 2.50. The van der Waals surface area contributed by atoms with Gasteiger partial charge in [-0.05, 0) is 35.9 Å². The Hall–Kier alpha value is -1.82. The van der Waals surface area contributed by atoms with Gasteiger partial charge in [0.25, 0.3) is 0 Å². The summed E-state index contributed by atoms with van der Waals surface area (Å²) in [4.78, 5) is 17.2. The molecule has 1 N–H and O–H groups in total. The van der Waals surface area contributed by atoms with E-state index in [-0.39, 0.29) is 12.4 Å². The normalized spacial score (nSPS) is 10.4. The molecule has 0 bridgehead atoms.